The van der Waals surface area contributed by atoms with Crippen molar-refractivity contribution in [1.82, 2.24) is 10.6 Å². The summed E-state index contributed by atoms with van der Waals surface area (Å²) in [6, 6.07) is 1.73. The quantitative estimate of drug-likeness (QED) is 0.658. The van der Waals surface area contributed by atoms with E-state index in [1.54, 1.807) is 0 Å². The Labute approximate surface area is 77.1 Å². The van der Waals surface area contributed by atoms with Crippen LogP contribution in [0.3, 0.4) is 0 Å². The Morgan fingerprint density at radius 1 is 0.833 bits per heavy atom. The van der Waals surface area contributed by atoms with E-state index >= 15 is 0 Å². The van der Waals surface area contributed by atoms with Crippen LogP contribution >= 0.6 is 0 Å². The lowest BCUT2D eigenvalue weighted by Crippen LogP contribution is -2.44. The third-order valence-corrected chi connectivity index (χ3v) is 2.63. The van der Waals surface area contributed by atoms with Crippen LogP contribution in [0, 0.1) is 5.92 Å². The zero-order chi connectivity index (χ0) is 9.72. The van der Waals surface area contributed by atoms with E-state index in [2.05, 4.69) is 45.3 Å². The molecule has 0 bridgehead atoms. The molecule has 0 spiro atoms. The monoisotopic (exact) mass is 172 g/mol. The molecule has 2 N–H and O–H groups in total. The van der Waals surface area contributed by atoms with Crippen LogP contribution in [0.25, 0.3) is 0 Å². The molecule has 0 aliphatic heterocycles. The molecule has 0 amide bonds. The highest BCUT2D eigenvalue weighted by Crippen LogP contribution is 2.08. The van der Waals surface area contributed by atoms with Gasteiger partial charge in [0.05, 0.1) is 0 Å². The van der Waals surface area contributed by atoms with E-state index in [0.29, 0.717) is 24.0 Å². The van der Waals surface area contributed by atoms with Crippen LogP contribution in [-0.2, 0) is 0 Å². The summed E-state index contributed by atoms with van der Waals surface area (Å²) in [6.45, 7) is 11.1. The molecule has 0 aromatic carbocycles. The van der Waals surface area contributed by atoms with Crippen molar-refractivity contribution in [3.8, 4) is 0 Å². The SMILES string of the molecule is CNC(C)C(C)C(C)NC(C)C. The maximum absolute atomic E-state index is 3.52. The Kier molecular flexibility index (Phi) is 5.51. The first kappa shape index (κ1) is 11.9. The van der Waals surface area contributed by atoms with Crippen molar-refractivity contribution in [2.24, 2.45) is 5.92 Å². The Hall–Kier alpha value is -0.0800. The van der Waals surface area contributed by atoms with Gasteiger partial charge in [-0.15, -0.1) is 0 Å². The van der Waals surface area contributed by atoms with E-state index < -0.39 is 0 Å². The molecule has 74 valence electrons. The van der Waals surface area contributed by atoms with Crippen LogP contribution in [0.15, 0.2) is 0 Å². The zero-order valence-electron chi connectivity index (χ0n) is 9.31. The van der Waals surface area contributed by atoms with Gasteiger partial charge in [0.25, 0.3) is 0 Å². The summed E-state index contributed by atoms with van der Waals surface area (Å²) in [6.07, 6.45) is 0. The summed E-state index contributed by atoms with van der Waals surface area (Å²) >= 11 is 0. The molecule has 0 rings (SSSR count). The number of hydrogen-bond donors (Lipinski definition) is 2. The van der Waals surface area contributed by atoms with Crippen LogP contribution in [0.2, 0.25) is 0 Å². The second-order valence-electron chi connectivity index (χ2n) is 4.05. The van der Waals surface area contributed by atoms with Crippen molar-refractivity contribution < 1.29 is 0 Å². The van der Waals surface area contributed by atoms with Crippen molar-refractivity contribution in [1.29, 1.82) is 0 Å². The van der Waals surface area contributed by atoms with Gasteiger partial charge in [0.1, 0.15) is 0 Å². The van der Waals surface area contributed by atoms with Gasteiger partial charge in [-0.2, -0.15) is 0 Å². The van der Waals surface area contributed by atoms with E-state index in [0.717, 1.165) is 0 Å². The van der Waals surface area contributed by atoms with Gasteiger partial charge in [-0.3, -0.25) is 0 Å². The van der Waals surface area contributed by atoms with Gasteiger partial charge in [-0.1, -0.05) is 20.8 Å². The van der Waals surface area contributed by atoms with E-state index in [1.165, 1.54) is 0 Å². The normalized spacial score (nSPS) is 19.2. The minimum atomic E-state index is 0.575. The second kappa shape index (κ2) is 5.55. The average molecular weight is 172 g/mol. The van der Waals surface area contributed by atoms with Gasteiger partial charge >= 0.3 is 0 Å². The first-order valence-corrected chi connectivity index (χ1v) is 4.92. The Balaban J connectivity index is 3.83. The topological polar surface area (TPSA) is 24.1 Å². The Morgan fingerprint density at radius 2 is 1.33 bits per heavy atom. The molecular formula is C10H24N2. The summed E-state index contributed by atoms with van der Waals surface area (Å²) in [5, 5.41) is 6.80. The van der Waals surface area contributed by atoms with Crippen molar-refractivity contribution in [2.75, 3.05) is 7.05 Å². The molecule has 0 aromatic rings. The van der Waals surface area contributed by atoms with Crippen LogP contribution < -0.4 is 10.6 Å². The van der Waals surface area contributed by atoms with Crippen LogP contribution in [0.4, 0.5) is 0 Å². The third kappa shape index (κ3) is 4.07. The van der Waals surface area contributed by atoms with E-state index in [4.69, 9.17) is 0 Å². The Bertz CT molecular complexity index is 112. The molecule has 0 saturated carbocycles. The molecule has 3 atom stereocenters. The fourth-order valence-electron chi connectivity index (χ4n) is 1.37. The molecule has 3 unspecified atom stereocenters. The van der Waals surface area contributed by atoms with Crippen molar-refractivity contribution in [2.45, 2.75) is 52.7 Å². The number of rotatable bonds is 5. The highest BCUT2D eigenvalue weighted by atomic mass is 15.0. The lowest BCUT2D eigenvalue weighted by molar-refractivity contribution is 0.311. The van der Waals surface area contributed by atoms with E-state index in [-0.39, 0.29) is 0 Å². The van der Waals surface area contributed by atoms with Gasteiger partial charge in [-0.25, -0.2) is 0 Å². The van der Waals surface area contributed by atoms with Gasteiger partial charge in [0, 0.05) is 18.1 Å². The standard InChI is InChI=1S/C10H24N2/c1-7(2)12-10(5)8(3)9(4)11-6/h7-12H,1-6H3. The predicted octanol–water partition coefficient (Wildman–Crippen LogP) is 1.62. The molecule has 2 nitrogen and oxygen atoms in total. The molecule has 0 fully saturated rings. The molecule has 2 heteroatoms. The van der Waals surface area contributed by atoms with Gasteiger partial charge in [0.15, 0.2) is 0 Å². The van der Waals surface area contributed by atoms with Gasteiger partial charge < -0.3 is 10.6 Å². The number of hydrogen-bond acceptors (Lipinski definition) is 2. The first-order chi connectivity index (χ1) is 5.49. The smallest absolute Gasteiger partial charge is 0.00814 e. The zero-order valence-corrected chi connectivity index (χ0v) is 9.31. The molecule has 0 heterocycles. The largest absolute Gasteiger partial charge is 0.317 e. The summed E-state index contributed by atoms with van der Waals surface area (Å²) in [4.78, 5) is 0. The highest BCUT2D eigenvalue weighted by Gasteiger charge is 2.17. The molecular weight excluding hydrogens is 148 g/mol. The van der Waals surface area contributed by atoms with Crippen LogP contribution in [-0.4, -0.2) is 25.2 Å². The van der Waals surface area contributed by atoms with Crippen molar-refractivity contribution in [3.63, 3.8) is 0 Å². The first-order valence-electron chi connectivity index (χ1n) is 4.92. The minimum Gasteiger partial charge on any atom is -0.317 e. The summed E-state index contributed by atoms with van der Waals surface area (Å²) < 4.78 is 0. The molecule has 0 aliphatic rings. The lowest BCUT2D eigenvalue weighted by Gasteiger charge is -2.28. The lowest BCUT2D eigenvalue weighted by atomic mass is 9.95. The number of nitrogens with one attached hydrogen (secondary N) is 2. The molecule has 0 aromatic heterocycles. The van der Waals surface area contributed by atoms with Crippen molar-refractivity contribution in [3.05, 3.63) is 0 Å². The maximum Gasteiger partial charge on any atom is 0.00814 e. The molecule has 0 saturated heterocycles. The summed E-state index contributed by atoms with van der Waals surface area (Å²) in [5.74, 6) is 0.664. The molecule has 12 heavy (non-hydrogen) atoms. The minimum absolute atomic E-state index is 0.575. The maximum atomic E-state index is 3.52. The van der Waals surface area contributed by atoms with Crippen molar-refractivity contribution >= 4 is 0 Å². The fraction of sp³-hybridized carbons (Fsp3) is 1.00. The van der Waals surface area contributed by atoms with Gasteiger partial charge in [-0.05, 0) is 26.8 Å². The average Bonchev–Trinajstić information content (AvgIpc) is 2.00. The molecule has 0 aliphatic carbocycles. The van der Waals surface area contributed by atoms with E-state index in [1.807, 2.05) is 7.05 Å². The van der Waals surface area contributed by atoms with Gasteiger partial charge in [0.2, 0.25) is 0 Å². The fourth-order valence-corrected chi connectivity index (χ4v) is 1.37. The van der Waals surface area contributed by atoms with Crippen LogP contribution in [0.1, 0.15) is 34.6 Å². The summed E-state index contributed by atoms with van der Waals surface area (Å²) in [5.41, 5.74) is 0. The van der Waals surface area contributed by atoms with Crippen LogP contribution in [0.5, 0.6) is 0 Å². The highest BCUT2D eigenvalue weighted by molar-refractivity contribution is 4.77. The third-order valence-electron chi connectivity index (χ3n) is 2.63. The Morgan fingerprint density at radius 3 is 1.67 bits per heavy atom. The molecule has 0 radical (unpaired) electrons. The predicted molar refractivity (Wildman–Crippen MR) is 55.4 cm³/mol. The van der Waals surface area contributed by atoms with E-state index in [9.17, 15) is 0 Å². The summed E-state index contributed by atoms with van der Waals surface area (Å²) in [7, 11) is 2.02. The second-order valence-corrected chi connectivity index (χ2v) is 4.05.